The highest BCUT2D eigenvalue weighted by molar-refractivity contribution is 6.03. The lowest BCUT2D eigenvalue weighted by molar-refractivity contribution is -0.119. The minimum atomic E-state index is -4.77. The van der Waals surface area contributed by atoms with Gasteiger partial charge in [0.25, 0.3) is 5.91 Å². The zero-order chi connectivity index (χ0) is 37.7. The molecule has 1 aromatic carbocycles. The van der Waals surface area contributed by atoms with E-state index in [0.717, 1.165) is 18.5 Å². The van der Waals surface area contributed by atoms with Crippen molar-refractivity contribution in [1.29, 1.82) is 0 Å². The van der Waals surface area contributed by atoms with Gasteiger partial charge in [-0.25, -0.2) is 29.0 Å². The summed E-state index contributed by atoms with van der Waals surface area (Å²) in [5, 5.41) is 9.72. The molecule has 0 atom stereocenters. The Morgan fingerprint density at radius 3 is 2.24 bits per heavy atom. The molecule has 4 aromatic rings. The first-order chi connectivity index (χ1) is 23.7. The van der Waals surface area contributed by atoms with Gasteiger partial charge in [0.1, 0.15) is 35.5 Å². The Bertz CT molecular complexity index is 1890. The fraction of sp³-hybridized carbons (Fsp3) is 0.364. The van der Waals surface area contributed by atoms with Crippen LogP contribution in [-0.2, 0) is 20.8 Å². The molecule has 15 nitrogen and oxygen atoms in total. The van der Waals surface area contributed by atoms with Crippen LogP contribution in [0.2, 0.25) is 0 Å². The van der Waals surface area contributed by atoms with Gasteiger partial charge >= 0.3 is 24.3 Å². The molecular weight excluding hydrogens is 679 g/mol. The number of pyridine rings is 1. The number of alkyl halides is 3. The number of aromatic nitrogens is 4. The van der Waals surface area contributed by atoms with Crippen molar-refractivity contribution in [3.05, 3.63) is 72.0 Å². The third-order valence-electron chi connectivity index (χ3n) is 6.35. The van der Waals surface area contributed by atoms with Crippen molar-refractivity contribution < 1.29 is 51.0 Å². The number of hydrogen-bond donors (Lipinski definition) is 2. The number of carbonyl (C=O) groups excluding carboxylic acids is 4. The molecule has 0 radical (unpaired) electrons. The first kappa shape index (κ1) is 37.9. The van der Waals surface area contributed by atoms with E-state index in [9.17, 15) is 32.3 Å². The lowest BCUT2D eigenvalue weighted by Gasteiger charge is -2.27. The first-order valence-electron chi connectivity index (χ1n) is 15.3. The third-order valence-corrected chi connectivity index (χ3v) is 6.35. The van der Waals surface area contributed by atoms with E-state index >= 15 is 0 Å². The van der Waals surface area contributed by atoms with Gasteiger partial charge in [0.05, 0.1) is 36.8 Å². The smallest absolute Gasteiger partial charge is 0.416 e. The van der Waals surface area contributed by atoms with Gasteiger partial charge in [-0.2, -0.15) is 18.3 Å². The molecule has 3 aromatic heterocycles. The summed E-state index contributed by atoms with van der Waals surface area (Å²) in [6.45, 7) is 7.79. The number of nitrogens with zero attached hydrogens (tertiary/aromatic N) is 5. The molecule has 0 saturated carbocycles. The van der Waals surface area contributed by atoms with Crippen LogP contribution < -0.4 is 15.5 Å². The molecule has 3 heterocycles. The van der Waals surface area contributed by atoms with Crippen LogP contribution in [0.1, 0.15) is 68.1 Å². The number of rotatable bonds is 9. The predicted molar refractivity (Wildman–Crippen MR) is 175 cm³/mol. The van der Waals surface area contributed by atoms with E-state index < -0.39 is 53.8 Å². The molecule has 0 unspecified atom stereocenters. The minimum absolute atomic E-state index is 0.111. The van der Waals surface area contributed by atoms with Crippen molar-refractivity contribution in [2.24, 2.45) is 0 Å². The molecule has 4 rings (SSSR count). The van der Waals surface area contributed by atoms with Gasteiger partial charge < -0.3 is 29.3 Å². The molecule has 51 heavy (non-hydrogen) atoms. The summed E-state index contributed by atoms with van der Waals surface area (Å²) >= 11 is 0. The van der Waals surface area contributed by atoms with Crippen LogP contribution in [0.4, 0.5) is 34.3 Å². The molecule has 0 bridgehead atoms. The van der Waals surface area contributed by atoms with Gasteiger partial charge in [-0.15, -0.1) is 0 Å². The van der Waals surface area contributed by atoms with Crippen LogP contribution in [0.25, 0.3) is 17.1 Å². The summed E-state index contributed by atoms with van der Waals surface area (Å²) in [4.78, 5) is 58.7. The number of nitrogens with one attached hydrogen (secondary N) is 2. The van der Waals surface area contributed by atoms with Crippen molar-refractivity contribution in [1.82, 2.24) is 25.1 Å². The molecular formula is C33H36F3N7O8. The van der Waals surface area contributed by atoms with Gasteiger partial charge in [-0.1, -0.05) is 0 Å². The maximum Gasteiger partial charge on any atom is 0.416 e. The average molecular weight is 716 g/mol. The summed E-state index contributed by atoms with van der Waals surface area (Å²) in [5.74, 6) is -1.84. The topological polar surface area (TPSA) is 180 Å². The monoisotopic (exact) mass is 715 g/mol. The molecule has 2 N–H and O–H groups in total. The van der Waals surface area contributed by atoms with Gasteiger partial charge in [0, 0.05) is 11.8 Å². The second-order valence-electron chi connectivity index (χ2n) is 12.9. The molecule has 0 aliphatic carbocycles. The molecule has 272 valence electrons. The Balaban J connectivity index is 1.59. The number of esters is 1. The number of benzene rings is 1. The Kier molecular flexibility index (Phi) is 11.1. The number of halogens is 3. The second kappa shape index (κ2) is 14.9. The molecule has 3 amide bonds. The number of anilines is 2. The fourth-order valence-electron chi connectivity index (χ4n) is 4.25. The van der Waals surface area contributed by atoms with E-state index in [-0.39, 0.29) is 35.1 Å². The van der Waals surface area contributed by atoms with Crippen molar-refractivity contribution in [2.45, 2.75) is 65.5 Å². The van der Waals surface area contributed by atoms with Crippen molar-refractivity contribution in [3.63, 3.8) is 0 Å². The molecule has 18 heteroatoms. The average Bonchev–Trinajstić information content (AvgIpc) is 3.68. The Morgan fingerprint density at radius 2 is 1.63 bits per heavy atom. The van der Waals surface area contributed by atoms with Crippen molar-refractivity contribution >= 4 is 35.6 Å². The zero-order valence-corrected chi connectivity index (χ0v) is 28.7. The summed E-state index contributed by atoms with van der Waals surface area (Å²) < 4.78 is 62.3. The summed E-state index contributed by atoms with van der Waals surface area (Å²) in [5.41, 5.74) is -0.761. The van der Waals surface area contributed by atoms with Crippen LogP contribution >= 0.6 is 0 Å². The quantitative estimate of drug-likeness (QED) is 0.147. The standard InChI is InChI=1S/C33H36F3N7O8/c1-31(2,3)50-29(46)38-15-22-23(16-43(41-22)21-10-8-19(9-11-21)28(45)48-7)39-26(44)24-17-49-27(40-24)20-12-13-37-25(14-20)42(18-33(34,35)36)30(47)51-32(4,5)6/h8-14,16-17H,15,18H2,1-7H3,(H,38,46)(H,39,44). The lowest BCUT2D eigenvalue weighted by Crippen LogP contribution is -2.42. The van der Waals surface area contributed by atoms with Crippen LogP contribution in [-0.4, -0.2) is 74.8 Å². The van der Waals surface area contributed by atoms with Crippen molar-refractivity contribution in [2.75, 3.05) is 23.9 Å². The Morgan fingerprint density at radius 1 is 0.961 bits per heavy atom. The van der Waals surface area contributed by atoms with Gasteiger partial charge in [-0.05, 0) is 77.9 Å². The van der Waals surface area contributed by atoms with E-state index in [1.54, 1.807) is 32.9 Å². The summed E-state index contributed by atoms with van der Waals surface area (Å²) in [6.07, 6.45) is -3.12. The first-order valence-corrected chi connectivity index (χ1v) is 15.3. The van der Waals surface area contributed by atoms with Gasteiger partial charge in [0.2, 0.25) is 5.89 Å². The summed E-state index contributed by atoms with van der Waals surface area (Å²) in [7, 11) is 1.26. The fourth-order valence-corrected chi connectivity index (χ4v) is 4.25. The van der Waals surface area contributed by atoms with Crippen LogP contribution in [0, 0.1) is 0 Å². The highest BCUT2D eigenvalue weighted by Crippen LogP contribution is 2.28. The number of oxazole rings is 1. The third kappa shape index (κ3) is 10.8. The maximum atomic E-state index is 13.4. The molecule has 0 aliphatic heterocycles. The molecule has 0 saturated heterocycles. The summed E-state index contributed by atoms with van der Waals surface area (Å²) in [6, 6.07) is 8.75. The molecule has 0 aliphatic rings. The molecule has 0 fully saturated rings. The van der Waals surface area contributed by atoms with Crippen LogP contribution in [0.5, 0.6) is 0 Å². The van der Waals surface area contributed by atoms with Crippen molar-refractivity contribution in [3.8, 4) is 17.1 Å². The number of ether oxygens (including phenoxy) is 3. The van der Waals surface area contributed by atoms with E-state index in [4.69, 9.17) is 18.6 Å². The van der Waals surface area contributed by atoms with Gasteiger partial charge in [0.15, 0.2) is 5.69 Å². The second-order valence-corrected chi connectivity index (χ2v) is 12.9. The molecule has 0 spiro atoms. The lowest BCUT2D eigenvalue weighted by atomic mass is 10.2. The highest BCUT2D eigenvalue weighted by Gasteiger charge is 2.37. The van der Waals surface area contributed by atoms with Crippen LogP contribution in [0.15, 0.2) is 59.5 Å². The minimum Gasteiger partial charge on any atom is -0.465 e. The maximum absolute atomic E-state index is 13.4. The predicted octanol–water partition coefficient (Wildman–Crippen LogP) is 6.29. The number of alkyl carbamates (subject to hydrolysis) is 1. The Labute approximate surface area is 290 Å². The Hall–Kier alpha value is -5.94. The van der Waals surface area contributed by atoms with E-state index in [1.807, 2.05) is 0 Å². The van der Waals surface area contributed by atoms with Gasteiger partial charge in [-0.3, -0.25) is 9.69 Å². The number of carbonyl (C=O) groups is 4. The van der Waals surface area contributed by atoms with E-state index in [1.165, 1.54) is 57.0 Å². The zero-order valence-electron chi connectivity index (χ0n) is 28.7. The highest BCUT2D eigenvalue weighted by atomic mass is 19.4. The van der Waals surface area contributed by atoms with Crippen LogP contribution in [0.3, 0.4) is 0 Å². The SMILES string of the molecule is COC(=O)c1ccc(-n2cc(NC(=O)c3coc(-c4ccnc(N(CC(F)(F)F)C(=O)OC(C)(C)C)c4)n3)c(CNC(=O)OC(C)(C)C)n2)cc1. The largest absolute Gasteiger partial charge is 0.465 e. The van der Waals surface area contributed by atoms with E-state index in [2.05, 4.69) is 25.7 Å². The normalized spacial score (nSPS) is 11.8. The number of hydrogen-bond acceptors (Lipinski definition) is 11. The van der Waals surface area contributed by atoms with E-state index in [0.29, 0.717) is 16.2 Å². The number of amides is 3. The number of methoxy groups -OCH3 is 1.